The molecule has 3 aliphatic rings. The van der Waals surface area contributed by atoms with Crippen LogP contribution in [0, 0.1) is 5.92 Å². The quantitative estimate of drug-likeness (QED) is 0.558. The van der Waals surface area contributed by atoms with Gasteiger partial charge in [-0.25, -0.2) is 0 Å². The van der Waals surface area contributed by atoms with Crippen molar-refractivity contribution in [1.29, 1.82) is 0 Å². The van der Waals surface area contributed by atoms with Crippen molar-refractivity contribution in [3.8, 4) is 0 Å². The Hall–Kier alpha value is -2.91. The second kappa shape index (κ2) is 7.97. The Bertz CT molecular complexity index is 956. The zero-order valence-electron chi connectivity index (χ0n) is 16.7. The second-order valence-corrected chi connectivity index (χ2v) is 8.35. The summed E-state index contributed by atoms with van der Waals surface area (Å²) in [4.78, 5) is 41.1. The van der Waals surface area contributed by atoms with Crippen molar-refractivity contribution in [3.05, 3.63) is 34.9 Å². The fourth-order valence-electron chi connectivity index (χ4n) is 4.29. The zero-order valence-corrected chi connectivity index (χ0v) is 16.7. The Balaban J connectivity index is 1.53. The number of fused-ring (bicyclic) bond motifs is 1. The number of nitrogens with one attached hydrogen (secondary N) is 1. The number of nitrogens with two attached hydrogens (primary N) is 1. The molecular weight excluding hydrogens is 413 g/mol. The Kier molecular flexibility index (Phi) is 5.49. The van der Waals surface area contributed by atoms with Gasteiger partial charge in [0.2, 0.25) is 5.91 Å². The minimum absolute atomic E-state index is 0.0432. The summed E-state index contributed by atoms with van der Waals surface area (Å²) in [6.07, 6.45) is 0.185. The molecule has 2 aliphatic carbocycles. The molecule has 31 heavy (non-hydrogen) atoms. The summed E-state index contributed by atoms with van der Waals surface area (Å²) in [5, 5.41) is 3.10. The van der Waals surface area contributed by atoms with Crippen LogP contribution in [0.1, 0.15) is 60.0 Å². The lowest BCUT2D eigenvalue weighted by molar-refractivity contribution is -0.169. The number of amides is 3. The van der Waals surface area contributed by atoms with Crippen molar-refractivity contribution in [2.24, 2.45) is 16.6 Å². The van der Waals surface area contributed by atoms with Crippen LogP contribution < -0.4 is 11.1 Å². The summed E-state index contributed by atoms with van der Waals surface area (Å²) in [6, 6.07) is 4.18. The van der Waals surface area contributed by atoms with Crippen LogP contribution in [0.15, 0.2) is 23.2 Å². The van der Waals surface area contributed by atoms with Crippen LogP contribution in [-0.2, 0) is 16.1 Å². The Morgan fingerprint density at radius 2 is 1.84 bits per heavy atom. The molecule has 0 spiro atoms. The maximum Gasteiger partial charge on any atom is 0.473 e. The van der Waals surface area contributed by atoms with Gasteiger partial charge in [0, 0.05) is 29.6 Å². The maximum atomic E-state index is 13.1. The van der Waals surface area contributed by atoms with E-state index in [-0.39, 0.29) is 35.4 Å². The third-order valence-electron chi connectivity index (χ3n) is 6.11. The molecule has 3 N–H and O–H groups in total. The summed E-state index contributed by atoms with van der Waals surface area (Å²) in [7, 11) is 0. The molecule has 0 saturated heterocycles. The van der Waals surface area contributed by atoms with E-state index in [1.54, 1.807) is 11.0 Å². The monoisotopic (exact) mass is 436 g/mol. The normalized spacial score (nSPS) is 24.2. The van der Waals surface area contributed by atoms with Gasteiger partial charge in [-0.2, -0.15) is 18.2 Å². The average Bonchev–Trinajstić information content (AvgIpc) is 3.52. The van der Waals surface area contributed by atoms with Crippen LogP contribution in [0.5, 0.6) is 0 Å². The molecule has 7 nitrogen and oxygen atoms in total. The minimum Gasteiger partial charge on any atom is -0.383 e. The van der Waals surface area contributed by atoms with Crippen molar-refractivity contribution in [1.82, 2.24) is 10.2 Å². The van der Waals surface area contributed by atoms with Gasteiger partial charge in [-0.05, 0) is 37.3 Å². The van der Waals surface area contributed by atoms with Crippen LogP contribution in [0.3, 0.4) is 0 Å². The molecule has 2 atom stereocenters. The molecule has 0 radical (unpaired) electrons. The highest BCUT2D eigenvalue weighted by Crippen LogP contribution is 2.34. The van der Waals surface area contributed by atoms with E-state index in [9.17, 15) is 27.6 Å². The van der Waals surface area contributed by atoms with E-state index in [1.165, 1.54) is 12.1 Å². The molecule has 0 bridgehead atoms. The number of amidine groups is 1. The van der Waals surface area contributed by atoms with E-state index in [1.807, 2.05) is 0 Å². The van der Waals surface area contributed by atoms with Crippen LogP contribution in [0.25, 0.3) is 0 Å². The van der Waals surface area contributed by atoms with Gasteiger partial charge in [0.1, 0.15) is 5.84 Å². The van der Waals surface area contributed by atoms with E-state index < -0.39 is 17.9 Å². The number of rotatable bonds is 4. The molecule has 3 amide bonds. The van der Waals surface area contributed by atoms with Gasteiger partial charge in [0.15, 0.2) is 0 Å². The lowest BCUT2D eigenvalue weighted by Gasteiger charge is -2.38. The number of benzene rings is 1. The number of hydrogen-bond acceptors (Lipinski definition) is 3. The minimum atomic E-state index is -5.12. The van der Waals surface area contributed by atoms with E-state index >= 15 is 0 Å². The number of carbonyl (C=O) groups is 3. The van der Waals surface area contributed by atoms with E-state index in [4.69, 9.17) is 5.73 Å². The van der Waals surface area contributed by atoms with Gasteiger partial charge in [-0.3, -0.25) is 14.4 Å². The lowest BCUT2D eigenvalue weighted by atomic mass is 9.89. The number of alkyl halides is 3. The largest absolute Gasteiger partial charge is 0.473 e. The van der Waals surface area contributed by atoms with E-state index in [0.29, 0.717) is 12.1 Å². The first-order chi connectivity index (χ1) is 14.6. The van der Waals surface area contributed by atoms with Crippen LogP contribution >= 0.6 is 0 Å². The third-order valence-corrected chi connectivity index (χ3v) is 6.11. The number of nitrogens with zero attached hydrogens (tertiary/aromatic N) is 2. The third kappa shape index (κ3) is 4.42. The maximum absolute atomic E-state index is 13.1. The molecule has 166 valence electrons. The summed E-state index contributed by atoms with van der Waals surface area (Å²) in [6.45, 7) is 0.355. The van der Waals surface area contributed by atoms with Crippen molar-refractivity contribution >= 4 is 23.6 Å². The number of aliphatic imine (C=N–C) groups is 1. The predicted molar refractivity (Wildman–Crippen MR) is 105 cm³/mol. The molecule has 1 aliphatic heterocycles. The number of halogens is 3. The van der Waals surface area contributed by atoms with Gasteiger partial charge >= 0.3 is 12.1 Å². The van der Waals surface area contributed by atoms with Crippen molar-refractivity contribution in [2.75, 3.05) is 0 Å². The van der Waals surface area contributed by atoms with E-state index in [0.717, 1.165) is 44.1 Å². The molecule has 4 rings (SSSR count). The van der Waals surface area contributed by atoms with Crippen LogP contribution in [0.2, 0.25) is 0 Å². The lowest BCUT2D eigenvalue weighted by Crippen LogP contribution is -2.53. The van der Waals surface area contributed by atoms with Crippen molar-refractivity contribution in [3.63, 3.8) is 0 Å². The molecule has 0 aromatic heterocycles. The summed E-state index contributed by atoms with van der Waals surface area (Å²) >= 11 is 0. The molecule has 2 fully saturated rings. The molecule has 1 heterocycles. The summed E-state index contributed by atoms with van der Waals surface area (Å²) in [5.41, 5.74) is 6.71. The first-order valence-electron chi connectivity index (χ1n) is 10.3. The SMILES string of the molecule is NC(=NC(=O)C(F)(F)F)c1ccc2c(c1)C(=O)N([C@@H]1CCCCC1NC(=O)C1CC1)C2. The molecule has 2 saturated carbocycles. The highest BCUT2D eigenvalue weighted by atomic mass is 19.4. The van der Waals surface area contributed by atoms with Gasteiger partial charge < -0.3 is 16.0 Å². The highest BCUT2D eigenvalue weighted by Gasteiger charge is 2.41. The fraction of sp³-hybridized carbons (Fsp3) is 0.524. The van der Waals surface area contributed by atoms with Crippen LogP contribution in [-0.4, -0.2) is 46.7 Å². The zero-order chi connectivity index (χ0) is 22.3. The standard InChI is InChI=1S/C21H23F3N4O3/c22-21(23,24)20(31)27-17(25)12-7-8-13-10-28(19(30)14(13)9-12)16-4-2-1-3-15(16)26-18(29)11-5-6-11/h7-9,11,15-16H,1-6,10H2,(H,26,29)(H2,25,27,31)/t15?,16-/m1/s1. The van der Waals surface area contributed by atoms with Gasteiger partial charge in [-0.1, -0.05) is 25.0 Å². The smallest absolute Gasteiger partial charge is 0.383 e. The number of carbonyl (C=O) groups excluding carboxylic acids is 3. The first-order valence-corrected chi connectivity index (χ1v) is 10.3. The summed E-state index contributed by atoms with van der Waals surface area (Å²) < 4.78 is 37.3. The Morgan fingerprint density at radius 3 is 2.52 bits per heavy atom. The molecule has 1 unspecified atom stereocenters. The summed E-state index contributed by atoms with van der Waals surface area (Å²) in [5.74, 6) is -3.03. The Morgan fingerprint density at radius 1 is 1.13 bits per heavy atom. The average molecular weight is 436 g/mol. The van der Waals surface area contributed by atoms with E-state index in [2.05, 4.69) is 10.3 Å². The second-order valence-electron chi connectivity index (χ2n) is 8.35. The fourth-order valence-corrected chi connectivity index (χ4v) is 4.29. The van der Waals surface area contributed by atoms with Crippen LogP contribution in [0.4, 0.5) is 13.2 Å². The van der Waals surface area contributed by atoms with Crippen molar-refractivity contribution < 1.29 is 27.6 Å². The molecule has 1 aromatic rings. The highest BCUT2D eigenvalue weighted by molar-refractivity contribution is 6.07. The Labute approximate surface area is 176 Å². The predicted octanol–water partition coefficient (Wildman–Crippen LogP) is 2.27. The molecule has 10 heteroatoms. The topological polar surface area (TPSA) is 105 Å². The van der Waals surface area contributed by atoms with Gasteiger partial charge in [0.25, 0.3) is 5.91 Å². The van der Waals surface area contributed by atoms with Gasteiger partial charge in [0.05, 0.1) is 6.04 Å². The first kappa shape index (κ1) is 21.3. The number of hydrogen-bond donors (Lipinski definition) is 2. The van der Waals surface area contributed by atoms with Gasteiger partial charge in [-0.15, -0.1) is 0 Å². The molecular formula is C21H23F3N4O3. The molecule has 1 aromatic carbocycles. The van der Waals surface area contributed by atoms with Crippen molar-refractivity contribution in [2.45, 2.75) is 63.3 Å².